The van der Waals surface area contributed by atoms with Crippen molar-refractivity contribution in [3.05, 3.63) is 65.5 Å². The minimum atomic E-state index is 0.110. The number of hydrogen-bond acceptors (Lipinski definition) is 3. The Balaban J connectivity index is 1.33. The second-order valence-corrected chi connectivity index (χ2v) is 10.2. The molecule has 5 rings (SSSR count). The standard InChI is InChI=1S/C28H37NO2/c1-30-25-14-13-22(23-10-2-3-11-24(23)25)9-8-15-27(26-12-4-7-19-29-26)18-20-31-28(21-27)16-5-6-17-28/h2-4,7,10-12,19,22,25H,5-6,8-9,13-18,20-21H2,1H3/t22-,25-,27+/m0/s1. The van der Waals surface area contributed by atoms with Crippen LogP contribution in [0.1, 0.15) is 99.5 Å². The lowest BCUT2D eigenvalue weighted by Crippen LogP contribution is -2.46. The summed E-state index contributed by atoms with van der Waals surface area (Å²) >= 11 is 0. The summed E-state index contributed by atoms with van der Waals surface area (Å²) < 4.78 is 12.2. The molecule has 2 fully saturated rings. The van der Waals surface area contributed by atoms with E-state index in [9.17, 15) is 0 Å². The zero-order valence-electron chi connectivity index (χ0n) is 19.0. The molecule has 166 valence electrons. The maximum Gasteiger partial charge on any atom is 0.0824 e. The second kappa shape index (κ2) is 9.03. The molecule has 3 aliphatic rings. The van der Waals surface area contributed by atoms with Crippen LogP contribution in [0.2, 0.25) is 0 Å². The van der Waals surface area contributed by atoms with Crippen molar-refractivity contribution in [1.82, 2.24) is 4.98 Å². The molecule has 0 radical (unpaired) electrons. The van der Waals surface area contributed by atoms with Crippen LogP contribution >= 0.6 is 0 Å². The number of ether oxygens (including phenoxy) is 2. The van der Waals surface area contributed by atoms with E-state index in [2.05, 4.69) is 36.4 Å². The van der Waals surface area contributed by atoms with Gasteiger partial charge in [-0.3, -0.25) is 4.98 Å². The zero-order valence-corrected chi connectivity index (χ0v) is 19.0. The van der Waals surface area contributed by atoms with Crippen LogP contribution in [0.15, 0.2) is 48.7 Å². The summed E-state index contributed by atoms with van der Waals surface area (Å²) in [6.07, 6.45) is 15.7. The molecule has 0 amide bonds. The lowest BCUT2D eigenvalue weighted by atomic mass is 9.66. The van der Waals surface area contributed by atoms with E-state index in [1.54, 1.807) is 0 Å². The summed E-state index contributed by atoms with van der Waals surface area (Å²) in [5, 5.41) is 0. The van der Waals surface area contributed by atoms with Crippen LogP contribution in [-0.2, 0) is 14.9 Å². The van der Waals surface area contributed by atoms with Gasteiger partial charge >= 0.3 is 0 Å². The summed E-state index contributed by atoms with van der Waals surface area (Å²) in [4.78, 5) is 4.88. The second-order valence-electron chi connectivity index (χ2n) is 10.2. The highest BCUT2D eigenvalue weighted by Crippen LogP contribution is 2.51. The number of pyridine rings is 1. The number of fused-ring (bicyclic) bond motifs is 1. The maximum absolute atomic E-state index is 6.43. The highest BCUT2D eigenvalue weighted by molar-refractivity contribution is 5.34. The molecule has 0 bridgehead atoms. The van der Waals surface area contributed by atoms with Gasteiger partial charge in [-0.1, -0.05) is 49.6 Å². The van der Waals surface area contributed by atoms with Crippen LogP contribution in [0.4, 0.5) is 0 Å². The fourth-order valence-corrected chi connectivity index (χ4v) is 6.87. The van der Waals surface area contributed by atoms with Gasteiger partial charge in [-0.2, -0.15) is 0 Å². The Morgan fingerprint density at radius 1 is 1.00 bits per heavy atom. The van der Waals surface area contributed by atoms with Crippen molar-refractivity contribution in [2.45, 2.75) is 93.7 Å². The normalized spacial score (nSPS) is 29.7. The lowest BCUT2D eigenvalue weighted by molar-refractivity contribution is -0.105. The largest absolute Gasteiger partial charge is 0.377 e. The fourth-order valence-electron chi connectivity index (χ4n) is 6.87. The first kappa shape index (κ1) is 21.2. The molecule has 2 heterocycles. The Bertz CT molecular complexity index is 860. The van der Waals surface area contributed by atoms with E-state index in [0.29, 0.717) is 5.92 Å². The molecule has 1 saturated heterocycles. The number of aromatic nitrogens is 1. The Hall–Kier alpha value is -1.71. The molecule has 0 unspecified atom stereocenters. The van der Waals surface area contributed by atoms with Crippen molar-refractivity contribution in [2.75, 3.05) is 13.7 Å². The van der Waals surface area contributed by atoms with Crippen molar-refractivity contribution < 1.29 is 9.47 Å². The highest BCUT2D eigenvalue weighted by atomic mass is 16.5. The van der Waals surface area contributed by atoms with Crippen LogP contribution in [0.3, 0.4) is 0 Å². The Morgan fingerprint density at radius 2 is 1.81 bits per heavy atom. The van der Waals surface area contributed by atoms with Crippen molar-refractivity contribution in [1.29, 1.82) is 0 Å². The van der Waals surface area contributed by atoms with Crippen LogP contribution in [-0.4, -0.2) is 24.3 Å². The van der Waals surface area contributed by atoms with Gasteiger partial charge in [-0.05, 0) is 80.5 Å². The van der Waals surface area contributed by atoms with Crippen LogP contribution in [0.25, 0.3) is 0 Å². The Labute approximate surface area is 187 Å². The monoisotopic (exact) mass is 419 g/mol. The number of nitrogens with zero attached hydrogens (tertiary/aromatic N) is 1. The van der Waals surface area contributed by atoms with Gasteiger partial charge in [-0.15, -0.1) is 0 Å². The van der Waals surface area contributed by atoms with E-state index in [1.807, 2.05) is 19.4 Å². The smallest absolute Gasteiger partial charge is 0.0824 e. The van der Waals surface area contributed by atoms with Gasteiger partial charge < -0.3 is 9.47 Å². The molecule has 1 aromatic carbocycles. The minimum Gasteiger partial charge on any atom is -0.377 e. The van der Waals surface area contributed by atoms with E-state index in [0.717, 1.165) is 25.9 Å². The fraction of sp³-hybridized carbons (Fsp3) is 0.607. The molecule has 3 heteroatoms. The highest BCUT2D eigenvalue weighted by Gasteiger charge is 2.48. The predicted molar refractivity (Wildman–Crippen MR) is 124 cm³/mol. The van der Waals surface area contributed by atoms with E-state index >= 15 is 0 Å². The molecule has 2 aromatic rings. The van der Waals surface area contributed by atoms with Crippen LogP contribution < -0.4 is 0 Å². The minimum absolute atomic E-state index is 0.110. The van der Waals surface area contributed by atoms with E-state index in [-0.39, 0.29) is 17.1 Å². The SMILES string of the molecule is CO[C@H]1CC[C@H](CCC[C@@]2(c3ccccn3)CCOC3(CCCC3)C2)c2ccccc21. The molecular formula is C28H37NO2. The van der Waals surface area contributed by atoms with E-state index in [1.165, 1.54) is 68.2 Å². The van der Waals surface area contributed by atoms with Crippen LogP contribution in [0, 0.1) is 0 Å². The molecule has 0 N–H and O–H groups in total. The molecule has 1 aromatic heterocycles. The van der Waals surface area contributed by atoms with Crippen molar-refractivity contribution >= 4 is 0 Å². The summed E-state index contributed by atoms with van der Waals surface area (Å²) in [6.45, 7) is 0.887. The van der Waals surface area contributed by atoms with E-state index < -0.39 is 0 Å². The maximum atomic E-state index is 6.43. The quantitative estimate of drug-likeness (QED) is 0.511. The summed E-state index contributed by atoms with van der Waals surface area (Å²) in [7, 11) is 1.85. The van der Waals surface area contributed by atoms with E-state index in [4.69, 9.17) is 14.5 Å². The molecular weight excluding hydrogens is 382 g/mol. The molecule has 31 heavy (non-hydrogen) atoms. The van der Waals surface area contributed by atoms with Gasteiger partial charge in [0.15, 0.2) is 0 Å². The third kappa shape index (κ3) is 4.19. The number of benzene rings is 1. The Morgan fingerprint density at radius 3 is 2.58 bits per heavy atom. The molecule has 2 aliphatic carbocycles. The van der Waals surface area contributed by atoms with Gasteiger partial charge in [0.2, 0.25) is 0 Å². The van der Waals surface area contributed by atoms with Gasteiger partial charge in [0, 0.05) is 31.0 Å². The van der Waals surface area contributed by atoms with Gasteiger partial charge in [-0.25, -0.2) is 0 Å². The predicted octanol–water partition coefficient (Wildman–Crippen LogP) is 6.88. The molecule has 1 saturated carbocycles. The first-order chi connectivity index (χ1) is 15.2. The lowest BCUT2D eigenvalue weighted by Gasteiger charge is -2.46. The average molecular weight is 420 g/mol. The third-order valence-corrected chi connectivity index (χ3v) is 8.42. The first-order valence-electron chi connectivity index (χ1n) is 12.4. The van der Waals surface area contributed by atoms with Gasteiger partial charge in [0.1, 0.15) is 0 Å². The summed E-state index contributed by atoms with van der Waals surface area (Å²) in [5.41, 5.74) is 4.52. The van der Waals surface area contributed by atoms with Crippen LogP contribution in [0.5, 0.6) is 0 Å². The van der Waals surface area contributed by atoms with Gasteiger partial charge in [0.05, 0.1) is 11.7 Å². The number of rotatable bonds is 6. The Kier molecular flexibility index (Phi) is 6.16. The first-order valence-corrected chi connectivity index (χ1v) is 12.4. The van der Waals surface area contributed by atoms with Gasteiger partial charge in [0.25, 0.3) is 0 Å². The third-order valence-electron chi connectivity index (χ3n) is 8.42. The summed E-state index contributed by atoms with van der Waals surface area (Å²) in [5.74, 6) is 0.656. The number of methoxy groups -OCH3 is 1. The molecule has 3 atom stereocenters. The average Bonchev–Trinajstić information content (AvgIpc) is 3.27. The van der Waals surface area contributed by atoms with Crippen molar-refractivity contribution in [2.24, 2.45) is 0 Å². The molecule has 1 spiro atoms. The molecule has 1 aliphatic heterocycles. The zero-order chi connectivity index (χ0) is 21.2. The van der Waals surface area contributed by atoms with Crippen molar-refractivity contribution in [3.8, 4) is 0 Å². The summed E-state index contributed by atoms with van der Waals surface area (Å²) in [6, 6.07) is 15.5. The topological polar surface area (TPSA) is 31.4 Å². The van der Waals surface area contributed by atoms with Crippen molar-refractivity contribution in [3.63, 3.8) is 0 Å². The number of hydrogen-bond donors (Lipinski definition) is 0. The molecule has 3 nitrogen and oxygen atoms in total.